The highest BCUT2D eigenvalue weighted by Gasteiger charge is 2.47. The highest BCUT2D eigenvalue weighted by molar-refractivity contribution is 5.83. The largest absolute Gasteiger partial charge is 0.493 e. The number of para-hydroxylation sites is 1. The van der Waals surface area contributed by atoms with Gasteiger partial charge in [0.25, 0.3) is 0 Å². The maximum absolute atomic E-state index is 12.7. The summed E-state index contributed by atoms with van der Waals surface area (Å²) in [7, 11) is 0. The van der Waals surface area contributed by atoms with Crippen LogP contribution in [-0.4, -0.2) is 30.5 Å². The van der Waals surface area contributed by atoms with Gasteiger partial charge in [-0.2, -0.15) is 0 Å². The lowest BCUT2D eigenvalue weighted by atomic mass is 9.98. The number of carbonyl (C=O) groups excluding carboxylic acids is 1. The Kier molecular flexibility index (Phi) is 4.28. The highest BCUT2D eigenvalue weighted by atomic mass is 16.5. The minimum atomic E-state index is 0.116. The summed E-state index contributed by atoms with van der Waals surface area (Å²) in [5.74, 6) is 2.97. The Balaban J connectivity index is 1.29. The third-order valence-corrected chi connectivity index (χ3v) is 5.08. The fourth-order valence-electron chi connectivity index (χ4n) is 3.65. The molecule has 4 nitrogen and oxygen atoms in total. The van der Waals surface area contributed by atoms with Crippen molar-refractivity contribution >= 4 is 5.91 Å². The van der Waals surface area contributed by atoms with Crippen LogP contribution in [0.2, 0.25) is 0 Å². The van der Waals surface area contributed by atoms with Crippen molar-refractivity contribution in [2.45, 2.75) is 25.2 Å². The molecule has 24 heavy (non-hydrogen) atoms. The fraction of sp³-hybridized carbons (Fsp3) is 0.450. The van der Waals surface area contributed by atoms with Crippen LogP contribution in [0.3, 0.4) is 0 Å². The van der Waals surface area contributed by atoms with Crippen molar-refractivity contribution in [3.63, 3.8) is 0 Å². The zero-order valence-electron chi connectivity index (χ0n) is 13.8. The second kappa shape index (κ2) is 6.71. The molecule has 1 aliphatic heterocycles. The summed E-state index contributed by atoms with van der Waals surface area (Å²) >= 11 is 0. The molecule has 1 amide bonds. The van der Waals surface area contributed by atoms with Gasteiger partial charge in [-0.25, -0.2) is 0 Å². The third kappa shape index (κ3) is 3.32. The van der Waals surface area contributed by atoms with Gasteiger partial charge in [-0.1, -0.05) is 18.2 Å². The van der Waals surface area contributed by atoms with Crippen molar-refractivity contribution in [2.24, 2.45) is 11.8 Å². The van der Waals surface area contributed by atoms with Gasteiger partial charge < -0.3 is 14.1 Å². The Hall–Kier alpha value is -2.23. The second-order valence-corrected chi connectivity index (χ2v) is 6.88. The number of likely N-dealkylation sites (tertiary alicyclic amines) is 1. The van der Waals surface area contributed by atoms with E-state index >= 15 is 0 Å². The Labute approximate surface area is 142 Å². The minimum Gasteiger partial charge on any atom is -0.493 e. The number of amides is 1. The van der Waals surface area contributed by atoms with Crippen LogP contribution in [0.25, 0.3) is 0 Å². The summed E-state index contributed by atoms with van der Waals surface area (Å²) in [4.78, 5) is 14.8. The Morgan fingerprint density at radius 1 is 1.21 bits per heavy atom. The smallest absolute Gasteiger partial charge is 0.226 e. The maximum Gasteiger partial charge on any atom is 0.226 e. The molecule has 2 fully saturated rings. The van der Waals surface area contributed by atoms with E-state index in [-0.39, 0.29) is 11.8 Å². The summed E-state index contributed by atoms with van der Waals surface area (Å²) in [6.45, 7) is 2.37. The molecule has 0 N–H and O–H groups in total. The lowest BCUT2D eigenvalue weighted by Crippen LogP contribution is -2.42. The summed E-state index contributed by atoms with van der Waals surface area (Å²) in [6, 6.07) is 13.8. The third-order valence-electron chi connectivity index (χ3n) is 5.08. The molecule has 0 bridgehead atoms. The number of nitrogens with zero attached hydrogens (tertiary/aromatic N) is 1. The minimum absolute atomic E-state index is 0.116. The molecule has 1 aromatic carbocycles. The van der Waals surface area contributed by atoms with Gasteiger partial charge in [-0.15, -0.1) is 0 Å². The maximum atomic E-state index is 12.7. The van der Waals surface area contributed by atoms with E-state index in [1.54, 1.807) is 6.26 Å². The first-order chi connectivity index (χ1) is 11.8. The monoisotopic (exact) mass is 325 g/mol. The second-order valence-electron chi connectivity index (χ2n) is 6.88. The number of piperidine rings is 1. The average molecular weight is 325 g/mol. The average Bonchev–Trinajstić information content (AvgIpc) is 3.25. The van der Waals surface area contributed by atoms with E-state index in [0.29, 0.717) is 18.4 Å². The number of rotatable bonds is 5. The van der Waals surface area contributed by atoms with E-state index in [2.05, 4.69) is 0 Å². The van der Waals surface area contributed by atoms with Gasteiger partial charge in [-0.3, -0.25) is 4.79 Å². The normalized spacial score (nSPS) is 26.2. The van der Waals surface area contributed by atoms with Gasteiger partial charge in [0.05, 0.1) is 12.9 Å². The lowest BCUT2D eigenvalue weighted by molar-refractivity contribution is -0.134. The molecular formula is C20H23NO3. The SMILES string of the molecule is O=C([C@@H]1C[C@@H]1c1ccco1)N1CCC[C@@H](COc2ccccc2)C1. The van der Waals surface area contributed by atoms with Crippen LogP contribution in [0.15, 0.2) is 53.1 Å². The van der Waals surface area contributed by atoms with Crippen molar-refractivity contribution in [1.82, 2.24) is 4.90 Å². The van der Waals surface area contributed by atoms with Crippen LogP contribution in [0.4, 0.5) is 0 Å². The molecule has 0 unspecified atom stereocenters. The van der Waals surface area contributed by atoms with Crippen LogP contribution < -0.4 is 4.74 Å². The molecule has 2 heterocycles. The first-order valence-electron chi connectivity index (χ1n) is 8.81. The van der Waals surface area contributed by atoms with Crippen LogP contribution >= 0.6 is 0 Å². The molecule has 1 aliphatic carbocycles. The molecule has 4 heteroatoms. The Bertz CT molecular complexity index is 667. The van der Waals surface area contributed by atoms with Crippen molar-refractivity contribution in [1.29, 1.82) is 0 Å². The van der Waals surface area contributed by atoms with E-state index in [1.807, 2.05) is 47.4 Å². The zero-order valence-corrected chi connectivity index (χ0v) is 13.8. The van der Waals surface area contributed by atoms with Gasteiger partial charge in [0.2, 0.25) is 5.91 Å². The van der Waals surface area contributed by atoms with Gasteiger partial charge in [0.15, 0.2) is 0 Å². The molecule has 1 saturated carbocycles. The highest BCUT2D eigenvalue weighted by Crippen LogP contribution is 2.48. The molecule has 2 aromatic rings. The van der Waals surface area contributed by atoms with Crippen molar-refractivity contribution < 1.29 is 13.9 Å². The van der Waals surface area contributed by atoms with Crippen LogP contribution in [-0.2, 0) is 4.79 Å². The standard InChI is InChI=1S/C20H23NO3/c22-20(18-12-17(18)19-9-5-11-23-19)21-10-4-6-15(13-21)14-24-16-7-2-1-3-8-16/h1-3,5,7-9,11,15,17-18H,4,6,10,12-14H2/t15-,17+,18-/m1/s1. The van der Waals surface area contributed by atoms with Crippen LogP contribution in [0.1, 0.15) is 30.9 Å². The molecule has 126 valence electrons. The van der Waals surface area contributed by atoms with E-state index in [0.717, 1.165) is 43.9 Å². The molecule has 1 saturated heterocycles. The first-order valence-corrected chi connectivity index (χ1v) is 8.81. The number of benzene rings is 1. The predicted octanol–water partition coefficient (Wildman–Crippen LogP) is 3.70. The molecule has 4 rings (SSSR count). The predicted molar refractivity (Wildman–Crippen MR) is 90.8 cm³/mol. The quantitative estimate of drug-likeness (QED) is 0.842. The number of hydrogen-bond donors (Lipinski definition) is 0. The number of furan rings is 1. The molecule has 0 radical (unpaired) electrons. The summed E-state index contributed by atoms with van der Waals surface area (Å²) in [5.41, 5.74) is 0. The number of ether oxygens (including phenoxy) is 1. The summed E-state index contributed by atoms with van der Waals surface area (Å²) < 4.78 is 11.3. The van der Waals surface area contributed by atoms with Gasteiger partial charge in [0, 0.05) is 30.8 Å². The lowest BCUT2D eigenvalue weighted by Gasteiger charge is -2.33. The van der Waals surface area contributed by atoms with Gasteiger partial charge in [-0.05, 0) is 43.5 Å². The van der Waals surface area contributed by atoms with Crippen molar-refractivity contribution in [2.75, 3.05) is 19.7 Å². The molecule has 2 aliphatic rings. The van der Waals surface area contributed by atoms with Crippen molar-refractivity contribution in [3.05, 3.63) is 54.5 Å². The first kappa shape index (κ1) is 15.3. The number of hydrogen-bond acceptors (Lipinski definition) is 3. The molecule has 3 atom stereocenters. The Morgan fingerprint density at radius 3 is 2.88 bits per heavy atom. The topological polar surface area (TPSA) is 42.7 Å². The van der Waals surface area contributed by atoms with Crippen molar-refractivity contribution in [3.8, 4) is 5.75 Å². The molecule has 1 aromatic heterocycles. The van der Waals surface area contributed by atoms with Gasteiger partial charge >= 0.3 is 0 Å². The molecule has 0 spiro atoms. The molecular weight excluding hydrogens is 302 g/mol. The van der Waals surface area contributed by atoms with Crippen LogP contribution in [0.5, 0.6) is 5.75 Å². The zero-order chi connectivity index (χ0) is 16.4. The fourth-order valence-corrected chi connectivity index (χ4v) is 3.65. The van der Waals surface area contributed by atoms with Crippen LogP contribution in [0, 0.1) is 11.8 Å². The van der Waals surface area contributed by atoms with E-state index < -0.39 is 0 Å². The van der Waals surface area contributed by atoms with E-state index in [4.69, 9.17) is 9.15 Å². The van der Waals surface area contributed by atoms with Gasteiger partial charge in [0.1, 0.15) is 11.5 Å². The number of carbonyl (C=O) groups is 1. The summed E-state index contributed by atoms with van der Waals surface area (Å²) in [6.07, 6.45) is 4.80. The Morgan fingerprint density at radius 2 is 2.08 bits per heavy atom. The van der Waals surface area contributed by atoms with E-state index in [9.17, 15) is 4.79 Å². The summed E-state index contributed by atoms with van der Waals surface area (Å²) in [5, 5.41) is 0. The van der Waals surface area contributed by atoms with E-state index in [1.165, 1.54) is 0 Å².